The van der Waals surface area contributed by atoms with Crippen molar-refractivity contribution in [3.05, 3.63) is 21.4 Å². The van der Waals surface area contributed by atoms with E-state index < -0.39 is 5.97 Å². The largest absolute Gasteiger partial charge is 0.481 e. The molecule has 6 heteroatoms. The second-order valence-corrected chi connectivity index (χ2v) is 6.52. The number of aryl methyl sites for hydroxylation is 2. The molecular weight excluding hydrogens is 276 g/mol. The van der Waals surface area contributed by atoms with Crippen LogP contribution in [-0.2, 0) is 11.3 Å². The maximum absolute atomic E-state index is 12.1. The number of carboxylic acid groups (broad SMARTS) is 1. The summed E-state index contributed by atoms with van der Waals surface area (Å²) in [6, 6.07) is 2.15. The first kappa shape index (κ1) is 14.8. The molecule has 0 aromatic carbocycles. The Morgan fingerprint density at radius 3 is 2.65 bits per heavy atom. The van der Waals surface area contributed by atoms with Crippen molar-refractivity contribution >= 4 is 23.3 Å². The fraction of sp³-hybridized carbons (Fsp3) is 0.571. The molecule has 0 atom stereocenters. The number of nitrogens with one attached hydrogen (secondary N) is 1. The first-order chi connectivity index (χ1) is 9.47. The lowest BCUT2D eigenvalue weighted by atomic mass is 10.3. The van der Waals surface area contributed by atoms with Crippen LogP contribution in [0.2, 0.25) is 0 Å². The first-order valence-electron chi connectivity index (χ1n) is 6.79. The predicted molar refractivity (Wildman–Crippen MR) is 78.0 cm³/mol. The summed E-state index contributed by atoms with van der Waals surface area (Å²) in [4.78, 5) is 26.8. The zero-order valence-electron chi connectivity index (χ0n) is 11.8. The Bertz CT molecular complexity index is 489. The molecule has 110 valence electrons. The van der Waals surface area contributed by atoms with Gasteiger partial charge in [0.2, 0.25) is 0 Å². The molecule has 0 saturated heterocycles. The molecular formula is C14H20N2O3S. The first-order valence-corrected chi connectivity index (χ1v) is 7.61. The van der Waals surface area contributed by atoms with Gasteiger partial charge in [0.05, 0.1) is 13.0 Å². The third kappa shape index (κ3) is 3.96. The summed E-state index contributed by atoms with van der Waals surface area (Å²) in [5, 5.41) is 11.6. The van der Waals surface area contributed by atoms with E-state index >= 15 is 0 Å². The molecule has 1 heterocycles. The lowest BCUT2D eigenvalue weighted by Crippen LogP contribution is -2.42. The van der Waals surface area contributed by atoms with Crippen molar-refractivity contribution in [3.8, 4) is 0 Å². The zero-order valence-corrected chi connectivity index (χ0v) is 12.6. The van der Waals surface area contributed by atoms with E-state index in [0.29, 0.717) is 6.54 Å². The monoisotopic (exact) mass is 296 g/mol. The van der Waals surface area contributed by atoms with Gasteiger partial charge in [-0.2, -0.15) is 0 Å². The minimum Gasteiger partial charge on any atom is -0.481 e. The van der Waals surface area contributed by atoms with Gasteiger partial charge in [-0.05, 0) is 38.3 Å². The normalized spacial score (nSPS) is 14.1. The van der Waals surface area contributed by atoms with E-state index in [-0.39, 0.29) is 25.0 Å². The van der Waals surface area contributed by atoms with Gasteiger partial charge >= 0.3 is 12.0 Å². The van der Waals surface area contributed by atoms with Crippen molar-refractivity contribution in [2.45, 2.75) is 45.7 Å². The standard InChI is InChI=1S/C14H20N2O3S/c1-9-7-12(20-10(9)2)8-15-14(19)16(11-3-4-11)6-5-13(17)18/h7,11H,3-6,8H2,1-2H3,(H,15,19)(H,17,18). The molecule has 0 radical (unpaired) electrons. The number of carbonyl (C=O) groups is 2. The van der Waals surface area contributed by atoms with Gasteiger partial charge in [0.25, 0.3) is 0 Å². The van der Waals surface area contributed by atoms with Crippen LogP contribution in [0, 0.1) is 13.8 Å². The SMILES string of the molecule is Cc1cc(CNC(=O)N(CCC(=O)O)C2CC2)sc1C. The Morgan fingerprint density at radius 1 is 1.45 bits per heavy atom. The minimum atomic E-state index is -0.868. The zero-order chi connectivity index (χ0) is 14.7. The Labute approximate surface area is 122 Å². The molecule has 0 spiro atoms. The van der Waals surface area contributed by atoms with Crippen LogP contribution in [0.4, 0.5) is 4.79 Å². The van der Waals surface area contributed by atoms with Crippen molar-refractivity contribution in [2.24, 2.45) is 0 Å². The smallest absolute Gasteiger partial charge is 0.317 e. The van der Waals surface area contributed by atoms with Crippen LogP contribution in [0.3, 0.4) is 0 Å². The number of carboxylic acids is 1. The number of amides is 2. The van der Waals surface area contributed by atoms with E-state index in [4.69, 9.17) is 5.11 Å². The number of urea groups is 1. The molecule has 2 amide bonds. The number of nitrogens with zero attached hydrogens (tertiary/aromatic N) is 1. The second kappa shape index (κ2) is 6.26. The summed E-state index contributed by atoms with van der Waals surface area (Å²) >= 11 is 1.68. The van der Waals surface area contributed by atoms with Crippen LogP contribution < -0.4 is 5.32 Å². The maximum Gasteiger partial charge on any atom is 0.317 e. The van der Waals surface area contributed by atoms with Crippen molar-refractivity contribution in [3.63, 3.8) is 0 Å². The molecule has 2 N–H and O–H groups in total. The molecule has 1 aromatic rings. The van der Waals surface area contributed by atoms with Crippen molar-refractivity contribution in [1.82, 2.24) is 10.2 Å². The highest BCUT2D eigenvalue weighted by Gasteiger charge is 2.32. The molecule has 1 aromatic heterocycles. The van der Waals surface area contributed by atoms with Gasteiger partial charge < -0.3 is 15.3 Å². The lowest BCUT2D eigenvalue weighted by Gasteiger charge is -2.21. The van der Waals surface area contributed by atoms with Gasteiger partial charge in [-0.3, -0.25) is 4.79 Å². The van der Waals surface area contributed by atoms with Crippen molar-refractivity contribution in [2.75, 3.05) is 6.54 Å². The van der Waals surface area contributed by atoms with Gasteiger partial charge in [-0.25, -0.2) is 4.79 Å². The summed E-state index contributed by atoms with van der Waals surface area (Å²) in [5.74, 6) is -0.868. The van der Waals surface area contributed by atoms with Crippen molar-refractivity contribution < 1.29 is 14.7 Å². The van der Waals surface area contributed by atoms with E-state index in [2.05, 4.69) is 25.2 Å². The molecule has 20 heavy (non-hydrogen) atoms. The third-order valence-electron chi connectivity index (χ3n) is 3.45. The quantitative estimate of drug-likeness (QED) is 0.847. The van der Waals surface area contributed by atoms with Gasteiger partial charge in [-0.15, -0.1) is 11.3 Å². The number of thiophene rings is 1. The van der Waals surface area contributed by atoms with Crippen molar-refractivity contribution in [1.29, 1.82) is 0 Å². The Hall–Kier alpha value is -1.56. The lowest BCUT2D eigenvalue weighted by molar-refractivity contribution is -0.137. The molecule has 1 fully saturated rings. The predicted octanol–water partition coefficient (Wildman–Crippen LogP) is 2.51. The van der Waals surface area contributed by atoms with Crippen LogP contribution in [0.25, 0.3) is 0 Å². The molecule has 0 aliphatic heterocycles. The Balaban J connectivity index is 1.86. The van der Waals surface area contributed by atoms with Gasteiger partial charge in [0.1, 0.15) is 0 Å². The fourth-order valence-electron chi connectivity index (χ4n) is 2.05. The van der Waals surface area contributed by atoms with Crippen LogP contribution in [-0.4, -0.2) is 34.6 Å². The number of hydrogen-bond acceptors (Lipinski definition) is 3. The second-order valence-electron chi connectivity index (χ2n) is 5.18. The van der Waals surface area contributed by atoms with Crippen LogP contribution >= 0.6 is 11.3 Å². The van der Waals surface area contributed by atoms with E-state index in [9.17, 15) is 9.59 Å². The molecule has 0 bridgehead atoms. The average molecular weight is 296 g/mol. The van der Waals surface area contributed by atoms with Crippen LogP contribution in [0.1, 0.15) is 34.6 Å². The molecule has 1 aliphatic carbocycles. The molecule has 1 saturated carbocycles. The highest BCUT2D eigenvalue weighted by atomic mass is 32.1. The van der Waals surface area contributed by atoms with E-state index in [0.717, 1.165) is 17.7 Å². The minimum absolute atomic E-state index is 0.00113. The van der Waals surface area contributed by atoms with E-state index in [1.54, 1.807) is 16.2 Å². The van der Waals surface area contributed by atoms with E-state index in [1.165, 1.54) is 10.4 Å². The van der Waals surface area contributed by atoms with Gasteiger partial charge in [0.15, 0.2) is 0 Å². The van der Waals surface area contributed by atoms with Gasteiger partial charge in [-0.1, -0.05) is 0 Å². The summed E-state index contributed by atoms with van der Waals surface area (Å²) < 4.78 is 0. The Kier molecular flexibility index (Phi) is 4.65. The molecule has 1 aliphatic rings. The highest BCUT2D eigenvalue weighted by molar-refractivity contribution is 7.12. The summed E-state index contributed by atoms with van der Waals surface area (Å²) in [6.07, 6.45) is 1.95. The fourth-order valence-corrected chi connectivity index (χ4v) is 3.05. The Morgan fingerprint density at radius 2 is 2.15 bits per heavy atom. The number of hydrogen-bond donors (Lipinski definition) is 2. The topological polar surface area (TPSA) is 69.6 Å². The molecule has 5 nitrogen and oxygen atoms in total. The molecule has 2 rings (SSSR count). The third-order valence-corrected chi connectivity index (χ3v) is 4.60. The van der Waals surface area contributed by atoms with Crippen LogP contribution in [0.15, 0.2) is 6.07 Å². The highest BCUT2D eigenvalue weighted by Crippen LogP contribution is 2.27. The average Bonchev–Trinajstić information content (AvgIpc) is 3.15. The van der Waals surface area contributed by atoms with Crippen LogP contribution in [0.5, 0.6) is 0 Å². The number of aliphatic carboxylic acids is 1. The van der Waals surface area contributed by atoms with E-state index in [1.807, 2.05) is 0 Å². The summed E-state index contributed by atoms with van der Waals surface area (Å²) in [6.45, 7) is 4.91. The number of carbonyl (C=O) groups excluding carboxylic acids is 1. The molecule has 0 unspecified atom stereocenters. The number of rotatable bonds is 6. The summed E-state index contributed by atoms with van der Waals surface area (Å²) in [5.41, 5.74) is 1.24. The maximum atomic E-state index is 12.1. The van der Waals surface area contributed by atoms with Gasteiger partial charge in [0, 0.05) is 22.3 Å². The summed E-state index contributed by atoms with van der Waals surface area (Å²) in [7, 11) is 0.